The van der Waals surface area contributed by atoms with Crippen molar-refractivity contribution in [3.05, 3.63) is 49.3 Å². The molecule has 0 saturated heterocycles. The molecule has 6 heteroatoms. The fraction of sp³-hybridized carbons (Fsp3) is 0.231. The van der Waals surface area contributed by atoms with Crippen molar-refractivity contribution in [2.75, 3.05) is 0 Å². The molecule has 4 nitrogen and oxygen atoms in total. The van der Waals surface area contributed by atoms with Gasteiger partial charge >= 0.3 is 0 Å². The van der Waals surface area contributed by atoms with Gasteiger partial charge in [0.1, 0.15) is 0 Å². The lowest BCUT2D eigenvalue weighted by Crippen LogP contribution is -2.23. The Morgan fingerprint density at radius 2 is 2.26 bits per heavy atom. The lowest BCUT2D eigenvalue weighted by Gasteiger charge is -2.07. The van der Waals surface area contributed by atoms with E-state index in [1.165, 1.54) is 0 Å². The van der Waals surface area contributed by atoms with Gasteiger partial charge in [-0.2, -0.15) is 5.10 Å². The number of rotatable bonds is 3. The maximum Gasteiger partial charge on any atom is 0.252 e. The van der Waals surface area contributed by atoms with Crippen LogP contribution in [0.2, 0.25) is 0 Å². The summed E-state index contributed by atoms with van der Waals surface area (Å²) in [6, 6.07) is 5.69. The summed E-state index contributed by atoms with van der Waals surface area (Å²) in [5, 5.41) is 7.07. The van der Waals surface area contributed by atoms with Crippen LogP contribution in [0.3, 0.4) is 0 Å². The van der Waals surface area contributed by atoms with E-state index >= 15 is 0 Å². The second-order valence-corrected chi connectivity index (χ2v) is 6.29. The molecule has 0 saturated carbocycles. The quantitative estimate of drug-likeness (QED) is 0.756. The van der Waals surface area contributed by atoms with Crippen LogP contribution in [0, 0.1) is 10.5 Å². The maximum absolute atomic E-state index is 12.1. The highest BCUT2D eigenvalue weighted by molar-refractivity contribution is 14.1. The number of hydrogen-bond acceptors (Lipinski definition) is 2. The number of halogens is 2. The lowest BCUT2D eigenvalue weighted by molar-refractivity contribution is 0.0950. The van der Waals surface area contributed by atoms with E-state index < -0.39 is 0 Å². The van der Waals surface area contributed by atoms with Crippen LogP contribution >= 0.6 is 38.5 Å². The predicted octanol–water partition coefficient (Wildman–Crippen LogP) is 3.03. The smallest absolute Gasteiger partial charge is 0.252 e. The van der Waals surface area contributed by atoms with Crippen molar-refractivity contribution < 1.29 is 4.79 Å². The van der Waals surface area contributed by atoms with Crippen molar-refractivity contribution >= 4 is 44.4 Å². The molecule has 1 amide bonds. The third-order valence-electron chi connectivity index (χ3n) is 2.95. The monoisotopic (exact) mass is 433 g/mol. The zero-order valence-corrected chi connectivity index (χ0v) is 14.3. The SMILES string of the molecule is Cc1c(CNC(=O)c2cc(I)ccc2Br)cnn1C. The Hall–Kier alpha value is -0.890. The first-order valence-electron chi connectivity index (χ1n) is 5.69. The second kappa shape index (κ2) is 6.04. The molecule has 0 fully saturated rings. The number of aromatic nitrogens is 2. The molecule has 0 atom stereocenters. The molecule has 1 N–H and O–H groups in total. The molecule has 2 rings (SSSR count). The molecule has 0 aliphatic carbocycles. The van der Waals surface area contributed by atoms with Crippen LogP contribution in [0.5, 0.6) is 0 Å². The van der Waals surface area contributed by atoms with Gasteiger partial charge in [-0.25, -0.2) is 0 Å². The van der Waals surface area contributed by atoms with Crippen LogP contribution in [0.25, 0.3) is 0 Å². The molecule has 2 aromatic rings. The van der Waals surface area contributed by atoms with Gasteiger partial charge < -0.3 is 5.32 Å². The minimum Gasteiger partial charge on any atom is -0.348 e. The van der Waals surface area contributed by atoms with Gasteiger partial charge in [0.25, 0.3) is 5.91 Å². The zero-order valence-electron chi connectivity index (χ0n) is 10.6. The minimum atomic E-state index is -0.0892. The van der Waals surface area contributed by atoms with Crippen molar-refractivity contribution in [3.8, 4) is 0 Å². The Labute approximate surface area is 133 Å². The summed E-state index contributed by atoms with van der Waals surface area (Å²) in [5.41, 5.74) is 2.73. The fourth-order valence-electron chi connectivity index (χ4n) is 1.66. The third kappa shape index (κ3) is 3.36. The number of aryl methyl sites for hydroxylation is 1. The van der Waals surface area contributed by atoms with E-state index in [1.807, 2.05) is 32.2 Å². The lowest BCUT2D eigenvalue weighted by atomic mass is 10.2. The van der Waals surface area contributed by atoms with Gasteiger partial charge in [-0.05, 0) is 63.6 Å². The summed E-state index contributed by atoms with van der Waals surface area (Å²) < 4.78 is 3.62. The molecule has 1 aromatic heterocycles. The van der Waals surface area contributed by atoms with Gasteiger partial charge in [0.15, 0.2) is 0 Å². The first-order valence-corrected chi connectivity index (χ1v) is 7.57. The second-order valence-electron chi connectivity index (χ2n) is 4.19. The number of nitrogens with one attached hydrogen (secondary N) is 1. The number of hydrogen-bond donors (Lipinski definition) is 1. The van der Waals surface area contributed by atoms with Gasteiger partial charge in [-0.1, -0.05) is 0 Å². The number of nitrogens with zero attached hydrogens (tertiary/aromatic N) is 2. The normalized spacial score (nSPS) is 10.5. The summed E-state index contributed by atoms with van der Waals surface area (Å²) in [6.07, 6.45) is 1.78. The number of benzene rings is 1. The zero-order chi connectivity index (χ0) is 14.0. The predicted molar refractivity (Wildman–Crippen MR) is 86.0 cm³/mol. The van der Waals surface area contributed by atoms with Crippen LogP contribution in [0.1, 0.15) is 21.6 Å². The summed E-state index contributed by atoms with van der Waals surface area (Å²) in [6.45, 7) is 2.46. The Morgan fingerprint density at radius 3 is 2.89 bits per heavy atom. The van der Waals surface area contributed by atoms with Crippen LogP contribution in [0.4, 0.5) is 0 Å². The Kier molecular flexibility index (Phi) is 4.62. The number of carbonyl (C=O) groups excluding carboxylic acids is 1. The van der Waals surface area contributed by atoms with E-state index in [0.717, 1.165) is 19.3 Å². The van der Waals surface area contributed by atoms with Crippen molar-refractivity contribution in [2.24, 2.45) is 7.05 Å². The first kappa shape index (κ1) is 14.5. The van der Waals surface area contributed by atoms with Crippen LogP contribution in [-0.4, -0.2) is 15.7 Å². The van der Waals surface area contributed by atoms with E-state index in [-0.39, 0.29) is 5.91 Å². The minimum absolute atomic E-state index is 0.0892. The van der Waals surface area contributed by atoms with Crippen molar-refractivity contribution in [1.82, 2.24) is 15.1 Å². The molecule has 0 bridgehead atoms. The average Bonchev–Trinajstić information content (AvgIpc) is 2.70. The molecule has 0 spiro atoms. The third-order valence-corrected chi connectivity index (χ3v) is 4.31. The topological polar surface area (TPSA) is 46.9 Å². The summed E-state index contributed by atoms with van der Waals surface area (Å²) in [5.74, 6) is -0.0892. The standard InChI is InChI=1S/C13H13BrIN3O/c1-8-9(7-17-18(8)2)6-16-13(19)11-5-10(15)3-4-12(11)14/h3-5,7H,6H2,1-2H3,(H,16,19). The molecule has 0 unspecified atom stereocenters. The Bertz CT molecular complexity index is 624. The Morgan fingerprint density at radius 1 is 1.53 bits per heavy atom. The molecule has 100 valence electrons. The van der Waals surface area contributed by atoms with Gasteiger partial charge in [0.05, 0.1) is 11.8 Å². The van der Waals surface area contributed by atoms with Crippen LogP contribution in [0.15, 0.2) is 28.9 Å². The van der Waals surface area contributed by atoms with Gasteiger partial charge in [-0.3, -0.25) is 9.48 Å². The average molecular weight is 434 g/mol. The molecular formula is C13H13BrIN3O. The molecule has 1 aromatic carbocycles. The number of amides is 1. The van der Waals surface area contributed by atoms with Crippen molar-refractivity contribution in [2.45, 2.75) is 13.5 Å². The summed E-state index contributed by atoms with van der Waals surface area (Å²) in [4.78, 5) is 12.1. The van der Waals surface area contributed by atoms with Crippen molar-refractivity contribution in [3.63, 3.8) is 0 Å². The molecule has 19 heavy (non-hydrogen) atoms. The first-order chi connectivity index (χ1) is 8.99. The van der Waals surface area contributed by atoms with Crippen molar-refractivity contribution in [1.29, 1.82) is 0 Å². The van der Waals surface area contributed by atoms with Gasteiger partial charge in [0.2, 0.25) is 0 Å². The highest BCUT2D eigenvalue weighted by Crippen LogP contribution is 2.19. The summed E-state index contributed by atoms with van der Waals surface area (Å²) in [7, 11) is 1.89. The van der Waals surface area contributed by atoms with E-state index in [4.69, 9.17) is 0 Å². The van der Waals surface area contributed by atoms with Crippen LogP contribution < -0.4 is 5.32 Å². The largest absolute Gasteiger partial charge is 0.348 e. The molecule has 0 radical (unpaired) electrons. The molecule has 0 aliphatic heterocycles. The fourth-order valence-corrected chi connectivity index (χ4v) is 2.58. The summed E-state index contributed by atoms with van der Waals surface area (Å²) >= 11 is 5.59. The van der Waals surface area contributed by atoms with Gasteiger partial charge in [-0.15, -0.1) is 0 Å². The Balaban J connectivity index is 2.09. The molecule has 0 aliphatic rings. The van der Waals surface area contributed by atoms with E-state index in [2.05, 4.69) is 48.9 Å². The maximum atomic E-state index is 12.1. The number of carbonyl (C=O) groups is 1. The van der Waals surface area contributed by atoms with E-state index in [0.29, 0.717) is 12.1 Å². The molecular weight excluding hydrogens is 421 g/mol. The highest BCUT2D eigenvalue weighted by atomic mass is 127. The van der Waals surface area contributed by atoms with Crippen LogP contribution in [-0.2, 0) is 13.6 Å². The van der Waals surface area contributed by atoms with Gasteiger partial charge in [0, 0.05) is 32.9 Å². The molecule has 1 heterocycles. The highest BCUT2D eigenvalue weighted by Gasteiger charge is 2.11. The van der Waals surface area contributed by atoms with E-state index in [9.17, 15) is 4.79 Å². The van der Waals surface area contributed by atoms with E-state index in [1.54, 1.807) is 10.9 Å².